The van der Waals surface area contributed by atoms with E-state index in [0.717, 1.165) is 110 Å². The van der Waals surface area contributed by atoms with E-state index in [1.807, 2.05) is 24.3 Å². The van der Waals surface area contributed by atoms with E-state index in [9.17, 15) is 4.11 Å². The minimum Gasteiger partial charge on any atom is -0.454 e. The summed E-state index contributed by atoms with van der Waals surface area (Å²) in [6, 6.07) is 58.9. The first-order chi connectivity index (χ1) is 34.8. The minimum atomic E-state index is -2.42. The molecule has 0 radical (unpaired) electrons. The number of nitrogens with zero attached hydrogens (tertiary/aromatic N) is 3. The molecule has 4 nitrogen and oxygen atoms in total. The molecule has 1 aromatic heterocycles. The van der Waals surface area contributed by atoms with Gasteiger partial charge >= 0.3 is 0 Å². The molecule has 0 amide bonds. The number of anilines is 9. The summed E-state index contributed by atoms with van der Waals surface area (Å²) < 4.78 is 34.7. The van der Waals surface area contributed by atoms with Gasteiger partial charge in [0.25, 0.3) is 6.71 Å². The maximum Gasteiger partial charge on any atom is 0.252 e. The highest BCUT2D eigenvalue weighted by atomic mass is 16.3. The Morgan fingerprint density at radius 3 is 1.70 bits per heavy atom. The summed E-state index contributed by atoms with van der Waals surface area (Å²) >= 11 is 0. The van der Waals surface area contributed by atoms with Gasteiger partial charge in [0.05, 0.1) is 5.69 Å². The minimum absolute atomic E-state index is 0.0284. The Kier molecular flexibility index (Phi) is 8.54. The van der Waals surface area contributed by atoms with Crippen molar-refractivity contribution in [2.45, 2.75) is 110 Å². The van der Waals surface area contributed by atoms with Gasteiger partial charge in [0.2, 0.25) is 0 Å². The Hall–Kier alpha value is -6.98. The molecule has 70 heavy (non-hydrogen) atoms. The second-order valence-corrected chi connectivity index (χ2v) is 23.3. The van der Waals surface area contributed by atoms with Crippen LogP contribution in [0.2, 0.25) is 0 Å². The zero-order valence-corrected chi connectivity index (χ0v) is 41.7. The van der Waals surface area contributed by atoms with E-state index in [2.05, 4.69) is 210 Å². The zero-order chi connectivity index (χ0) is 50.6. The van der Waals surface area contributed by atoms with Gasteiger partial charge < -0.3 is 19.1 Å². The van der Waals surface area contributed by atoms with Crippen LogP contribution in [0.5, 0.6) is 0 Å². The lowest BCUT2D eigenvalue weighted by molar-refractivity contribution is 0.332. The first-order valence-electron chi connectivity index (χ1n) is 26.9. The number of para-hydroxylation sites is 4. The molecule has 0 saturated carbocycles. The van der Waals surface area contributed by atoms with Crippen LogP contribution in [-0.4, -0.2) is 6.71 Å². The highest BCUT2D eigenvalue weighted by Gasteiger charge is 2.47. The van der Waals surface area contributed by atoms with Crippen LogP contribution >= 0.6 is 0 Å². The van der Waals surface area contributed by atoms with Crippen LogP contribution < -0.4 is 31.1 Å². The molecule has 13 rings (SSSR count). The number of hydrogen-bond acceptors (Lipinski definition) is 4. The number of furan rings is 1. The Balaban J connectivity index is 1.17. The molecule has 2 aliphatic carbocycles. The summed E-state index contributed by atoms with van der Waals surface area (Å²) in [6.45, 7) is 16.5. The molecule has 5 heteroatoms. The zero-order valence-electron chi connectivity index (χ0n) is 44.7. The molecule has 0 saturated heterocycles. The molecule has 0 N–H and O–H groups in total. The summed E-state index contributed by atoms with van der Waals surface area (Å²) in [7, 11) is 0. The van der Waals surface area contributed by atoms with Gasteiger partial charge in [0.15, 0.2) is 5.58 Å². The van der Waals surface area contributed by atoms with Crippen molar-refractivity contribution in [3.8, 4) is 0 Å². The quantitative estimate of drug-likeness (QED) is 0.161. The summed E-state index contributed by atoms with van der Waals surface area (Å²) in [5.41, 5.74) is 19.5. The Bertz CT molecular complexity index is 3680. The third-order valence-electron chi connectivity index (χ3n) is 17.0. The third kappa shape index (κ3) is 6.35. The molecule has 4 aliphatic rings. The number of hydrogen-bond donors (Lipinski definition) is 0. The molecule has 346 valence electrons. The SMILES string of the molecule is [2H]C([2H])([2H])c1cc2c3c(c1)N(c1cccc4c1oc1ccccc14)c1cc(N(c4ccccc4)c4ccccc4)ccc1B3c1cc3c(cc1N2c1ccc2c(c1)C(C)(C)CCC2(C)C)C(C)(C)CCC3(C)C. The lowest BCUT2D eigenvalue weighted by atomic mass is 9.33. The van der Waals surface area contributed by atoms with Crippen LogP contribution in [-0.2, 0) is 21.7 Å². The van der Waals surface area contributed by atoms with Gasteiger partial charge in [-0.1, -0.05) is 140 Å². The van der Waals surface area contributed by atoms with Crippen molar-refractivity contribution in [2.75, 3.05) is 14.7 Å². The molecular weight excluding hydrogens is 850 g/mol. The lowest BCUT2D eigenvalue weighted by Crippen LogP contribution is -2.62. The van der Waals surface area contributed by atoms with Crippen LogP contribution in [0.25, 0.3) is 21.9 Å². The van der Waals surface area contributed by atoms with E-state index in [-0.39, 0.29) is 28.4 Å². The van der Waals surface area contributed by atoms with Crippen molar-refractivity contribution in [1.82, 2.24) is 0 Å². The smallest absolute Gasteiger partial charge is 0.252 e. The predicted molar refractivity (Wildman–Crippen MR) is 298 cm³/mol. The highest BCUT2D eigenvalue weighted by molar-refractivity contribution is 7.00. The van der Waals surface area contributed by atoms with Gasteiger partial charge in [-0.2, -0.15) is 0 Å². The van der Waals surface area contributed by atoms with Crippen molar-refractivity contribution >= 4 is 96.2 Å². The van der Waals surface area contributed by atoms with Crippen LogP contribution in [0.1, 0.15) is 113 Å². The number of fused-ring (bicyclic) bond motifs is 9. The average molecular weight is 915 g/mol. The van der Waals surface area contributed by atoms with Gasteiger partial charge in [0, 0.05) is 60.4 Å². The van der Waals surface area contributed by atoms with Crippen molar-refractivity contribution in [1.29, 1.82) is 0 Å². The second kappa shape index (κ2) is 15.0. The molecule has 0 bridgehead atoms. The molecule has 2 aliphatic heterocycles. The highest BCUT2D eigenvalue weighted by Crippen LogP contribution is 2.54. The summed E-state index contributed by atoms with van der Waals surface area (Å²) in [5, 5.41) is 2.04. The van der Waals surface area contributed by atoms with E-state index in [1.54, 1.807) is 0 Å². The molecule has 0 unspecified atom stereocenters. The topological polar surface area (TPSA) is 22.9 Å². The van der Waals surface area contributed by atoms with E-state index >= 15 is 0 Å². The molecule has 0 spiro atoms. The maximum atomic E-state index is 9.26. The Labute approximate surface area is 418 Å². The fraction of sp³-hybridized carbons (Fsp3) is 0.262. The molecule has 0 fully saturated rings. The van der Waals surface area contributed by atoms with E-state index in [4.69, 9.17) is 4.42 Å². The first kappa shape index (κ1) is 39.8. The summed E-state index contributed by atoms with van der Waals surface area (Å²) in [4.78, 5) is 7.09. The van der Waals surface area contributed by atoms with Crippen LogP contribution in [0.4, 0.5) is 51.2 Å². The van der Waals surface area contributed by atoms with Gasteiger partial charge in [-0.15, -0.1) is 0 Å². The van der Waals surface area contributed by atoms with Gasteiger partial charge in [-0.05, 0) is 177 Å². The van der Waals surface area contributed by atoms with Crippen molar-refractivity contribution in [2.24, 2.45) is 0 Å². The van der Waals surface area contributed by atoms with Gasteiger partial charge in [-0.3, -0.25) is 0 Å². The van der Waals surface area contributed by atoms with E-state index < -0.39 is 6.85 Å². The van der Waals surface area contributed by atoms with Crippen molar-refractivity contribution in [3.63, 3.8) is 0 Å². The molecule has 3 heterocycles. The number of rotatable bonds is 5. The summed E-state index contributed by atoms with van der Waals surface area (Å²) in [6.07, 6.45) is 4.37. The van der Waals surface area contributed by atoms with Gasteiger partial charge in [0.1, 0.15) is 5.58 Å². The normalized spacial score (nSPS) is 18.5. The van der Waals surface area contributed by atoms with E-state index in [1.165, 1.54) is 27.7 Å². The molecule has 0 atom stereocenters. The Morgan fingerprint density at radius 2 is 1.03 bits per heavy atom. The fourth-order valence-electron chi connectivity index (χ4n) is 12.9. The van der Waals surface area contributed by atoms with Crippen LogP contribution in [0.3, 0.4) is 0 Å². The third-order valence-corrected chi connectivity index (χ3v) is 17.0. The van der Waals surface area contributed by atoms with Gasteiger partial charge in [-0.25, -0.2) is 0 Å². The first-order valence-corrected chi connectivity index (χ1v) is 25.4. The molecule has 9 aromatic rings. The predicted octanol–water partition coefficient (Wildman–Crippen LogP) is 16.1. The maximum absolute atomic E-state index is 9.26. The molecule has 8 aromatic carbocycles. The monoisotopic (exact) mass is 915 g/mol. The van der Waals surface area contributed by atoms with Crippen LogP contribution in [0, 0.1) is 6.85 Å². The molecular formula is C65H62BN3O. The standard InChI is InChI=1S/C65H62BN3O/c1-41-35-57-60-58(36-41)69(54-25-18-24-47-46-23-16-17-26-59(46)70-61(47)54)55-38-45(67(42-19-12-10-13-20-42)43-21-14-11-15-22-43)28-30-52(55)66(60)53-39-50-51(65(8,9)34-33-64(50,6)7)40-56(53)68(57)44-27-29-48-49(37-44)63(4,5)32-31-62(48,2)3/h10-30,35-40H,31-34H2,1-9H3/i1D3. The number of benzene rings is 8. The number of aryl methyl sites for hydroxylation is 1. The van der Waals surface area contributed by atoms with Crippen molar-refractivity contribution in [3.05, 3.63) is 192 Å². The Morgan fingerprint density at radius 1 is 0.457 bits per heavy atom. The lowest BCUT2D eigenvalue weighted by Gasteiger charge is -2.48. The second-order valence-electron chi connectivity index (χ2n) is 23.3. The van der Waals surface area contributed by atoms with Crippen molar-refractivity contribution < 1.29 is 8.53 Å². The largest absolute Gasteiger partial charge is 0.454 e. The van der Waals surface area contributed by atoms with E-state index in [0.29, 0.717) is 5.56 Å². The summed E-state index contributed by atoms with van der Waals surface area (Å²) in [5.74, 6) is 0. The fourth-order valence-corrected chi connectivity index (χ4v) is 12.9. The average Bonchev–Trinajstić information content (AvgIpc) is 3.77. The van der Waals surface area contributed by atoms with Crippen LogP contribution in [0.15, 0.2) is 168 Å².